The number of aryl methyl sites for hydroxylation is 2. The highest BCUT2D eigenvalue weighted by Gasteiger charge is 2.09. The molecule has 1 aromatic heterocycles. The Bertz CT molecular complexity index is 521. The molecule has 0 aliphatic carbocycles. The summed E-state index contributed by atoms with van der Waals surface area (Å²) in [4.78, 5) is 12.4. The summed E-state index contributed by atoms with van der Waals surface area (Å²) in [6, 6.07) is 10.8. The van der Waals surface area contributed by atoms with Gasteiger partial charge in [0.25, 0.3) is 0 Å². The first-order valence-electron chi connectivity index (χ1n) is 6.96. The Hall–Kier alpha value is -2.17. The van der Waals surface area contributed by atoms with Crippen LogP contribution in [0.3, 0.4) is 0 Å². The van der Waals surface area contributed by atoms with Gasteiger partial charge in [0.1, 0.15) is 5.82 Å². The minimum absolute atomic E-state index is 0.262. The number of aromatic nitrogens is 3. The highest BCUT2D eigenvalue weighted by molar-refractivity contribution is 5.32. The van der Waals surface area contributed by atoms with Crippen LogP contribution in [0.15, 0.2) is 30.3 Å². The quantitative estimate of drug-likeness (QED) is 0.844. The molecule has 5 nitrogen and oxygen atoms in total. The van der Waals surface area contributed by atoms with Gasteiger partial charge in [-0.05, 0) is 31.7 Å². The van der Waals surface area contributed by atoms with E-state index in [0.717, 1.165) is 19.3 Å². The van der Waals surface area contributed by atoms with Crippen LogP contribution in [0.5, 0.6) is 0 Å². The first-order chi connectivity index (χ1) is 9.67. The van der Waals surface area contributed by atoms with Gasteiger partial charge in [0.2, 0.25) is 11.9 Å². The van der Waals surface area contributed by atoms with Crippen molar-refractivity contribution in [2.75, 3.05) is 11.1 Å². The molecule has 0 aliphatic heterocycles. The van der Waals surface area contributed by atoms with E-state index in [1.165, 1.54) is 5.56 Å². The number of nitrogens with one attached hydrogen (secondary N) is 1. The van der Waals surface area contributed by atoms with Gasteiger partial charge in [-0.15, -0.1) is 0 Å². The van der Waals surface area contributed by atoms with Crippen molar-refractivity contribution >= 4 is 11.9 Å². The lowest BCUT2D eigenvalue weighted by Gasteiger charge is -2.17. The molecule has 0 bridgehead atoms. The molecule has 0 fully saturated rings. The lowest BCUT2D eigenvalue weighted by atomic mass is 10.0. The molecule has 1 heterocycles. The molecule has 106 valence electrons. The molecule has 0 aliphatic rings. The van der Waals surface area contributed by atoms with Crippen molar-refractivity contribution < 1.29 is 0 Å². The van der Waals surface area contributed by atoms with Crippen LogP contribution >= 0.6 is 0 Å². The molecule has 2 rings (SSSR count). The predicted molar refractivity (Wildman–Crippen MR) is 81.4 cm³/mol. The molecule has 0 spiro atoms. The highest BCUT2D eigenvalue weighted by atomic mass is 15.2. The zero-order chi connectivity index (χ0) is 14.4. The number of benzene rings is 1. The normalized spacial score (nSPS) is 12.1. The summed E-state index contributed by atoms with van der Waals surface area (Å²) in [6.45, 7) is 3.97. The van der Waals surface area contributed by atoms with Crippen LogP contribution in [0, 0.1) is 6.92 Å². The van der Waals surface area contributed by atoms with Crippen molar-refractivity contribution in [2.24, 2.45) is 0 Å². The molecule has 1 unspecified atom stereocenters. The molecule has 20 heavy (non-hydrogen) atoms. The number of nitrogens with two attached hydrogens (primary N) is 1. The monoisotopic (exact) mass is 271 g/mol. The Morgan fingerprint density at radius 3 is 2.55 bits per heavy atom. The summed E-state index contributed by atoms with van der Waals surface area (Å²) in [5, 5.41) is 3.34. The van der Waals surface area contributed by atoms with Crippen molar-refractivity contribution in [3.63, 3.8) is 0 Å². The van der Waals surface area contributed by atoms with Crippen LogP contribution in [0.25, 0.3) is 0 Å². The van der Waals surface area contributed by atoms with Gasteiger partial charge >= 0.3 is 0 Å². The first-order valence-corrected chi connectivity index (χ1v) is 6.96. The maximum atomic E-state index is 5.64. The fourth-order valence-corrected chi connectivity index (χ4v) is 2.11. The molecular weight excluding hydrogens is 250 g/mol. The second-order valence-corrected chi connectivity index (χ2v) is 4.84. The van der Waals surface area contributed by atoms with Gasteiger partial charge in [0.15, 0.2) is 0 Å². The summed E-state index contributed by atoms with van der Waals surface area (Å²) < 4.78 is 0. The SMILES string of the molecule is CCC(CCc1ccccc1)Nc1nc(C)nc(N)n1. The largest absolute Gasteiger partial charge is 0.368 e. The maximum absolute atomic E-state index is 5.64. The van der Waals surface area contributed by atoms with Crippen molar-refractivity contribution in [3.05, 3.63) is 41.7 Å². The second-order valence-electron chi connectivity index (χ2n) is 4.84. The molecule has 1 aromatic carbocycles. The van der Waals surface area contributed by atoms with Crippen LogP contribution in [0.2, 0.25) is 0 Å². The van der Waals surface area contributed by atoms with Gasteiger partial charge in [-0.1, -0.05) is 37.3 Å². The zero-order valence-corrected chi connectivity index (χ0v) is 12.0. The van der Waals surface area contributed by atoms with Crippen LogP contribution in [0.4, 0.5) is 11.9 Å². The molecular formula is C15H21N5. The van der Waals surface area contributed by atoms with E-state index < -0.39 is 0 Å². The Morgan fingerprint density at radius 2 is 1.90 bits per heavy atom. The number of hydrogen-bond donors (Lipinski definition) is 2. The van der Waals surface area contributed by atoms with E-state index in [2.05, 4.69) is 51.5 Å². The van der Waals surface area contributed by atoms with Gasteiger partial charge in [-0.25, -0.2) is 0 Å². The minimum Gasteiger partial charge on any atom is -0.368 e. The fourth-order valence-electron chi connectivity index (χ4n) is 2.11. The Kier molecular flexibility index (Phi) is 4.87. The highest BCUT2D eigenvalue weighted by Crippen LogP contribution is 2.11. The van der Waals surface area contributed by atoms with Gasteiger partial charge in [-0.3, -0.25) is 0 Å². The summed E-state index contributed by atoms with van der Waals surface area (Å²) in [5.41, 5.74) is 6.99. The predicted octanol–water partition coefficient (Wildman–Crippen LogP) is 2.59. The van der Waals surface area contributed by atoms with Gasteiger partial charge in [-0.2, -0.15) is 15.0 Å². The molecule has 0 saturated heterocycles. The van der Waals surface area contributed by atoms with E-state index in [1.54, 1.807) is 0 Å². The molecule has 3 N–H and O–H groups in total. The Labute approximate surface area is 119 Å². The lowest BCUT2D eigenvalue weighted by molar-refractivity contribution is 0.627. The Balaban J connectivity index is 1.95. The molecule has 0 radical (unpaired) electrons. The molecule has 0 amide bonds. The number of nitrogen functional groups attached to an aromatic ring is 1. The number of nitrogens with zero attached hydrogens (tertiary/aromatic N) is 3. The standard InChI is InChI=1S/C15H21N5/c1-3-13(10-9-12-7-5-4-6-8-12)19-15-18-11(2)17-14(16)20-15/h4-8,13H,3,9-10H2,1-2H3,(H3,16,17,18,19,20). The van der Waals surface area contributed by atoms with E-state index in [9.17, 15) is 0 Å². The average molecular weight is 271 g/mol. The maximum Gasteiger partial charge on any atom is 0.227 e. The van der Waals surface area contributed by atoms with Crippen molar-refractivity contribution in [2.45, 2.75) is 39.2 Å². The third-order valence-electron chi connectivity index (χ3n) is 3.21. The van der Waals surface area contributed by atoms with Crippen LogP contribution in [-0.2, 0) is 6.42 Å². The molecule has 0 saturated carbocycles. The third-order valence-corrected chi connectivity index (χ3v) is 3.21. The topological polar surface area (TPSA) is 76.7 Å². The Morgan fingerprint density at radius 1 is 1.15 bits per heavy atom. The summed E-state index contributed by atoms with van der Waals surface area (Å²) >= 11 is 0. The molecule has 2 aromatic rings. The van der Waals surface area contributed by atoms with E-state index in [1.807, 2.05) is 13.0 Å². The summed E-state index contributed by atoms with van der Waals surface area (Å²) in [5.74, 6) is 1.46. The van der Waals surface area contributed by atoms with E-state index in [0.29, 0.717) is 17.8 Å². The number of anilines is 2. The van der Waals surface area contributed by atoms with E-state index >= 15 is 0 Å². The van der Waals surface area contributed by atoms with E-state index in [-0.39, 0.29) is 5.95 Å². The van der Waals surface area contributed by atoms with Crippen molar-refractivity contribution in [3.8, 4) is 0 Å². The van der Waals surface area contributed by atoms with Gasteiger partial charge in [0, 0.05) is 6.04 Å². The third kappa shape index (κ3) is 4.19. The van der Waals surface area contributed by atoms with Crippen LogP contribution < -0.4 is 11.1 Å². The second kappa shape index (κ2) is 6.84. The van der Waals surface area contributed by atoms with Gasteiger partial charge in [0.05, 0.1) is 0 Å². The van der Waals surface area contributed by atoms with Crippen LogP contribution in [0.1, 0.15) is 31.2 Å². The lowest BCUT2D eigenvalue weighted by Crippen LogP contribution is -2.21. The molecule has 5 heteroatoms. The first kappa shape index (κ1) is 14.2. The van der Waals surface area contributed by atoms with Crippen LogP contribution in [-0.4, -0.2) is 21.0 Å². The number of rotatable bonds is 6. The summed E-state index contributed by atoms with van der Waals surface area (Å²) in [7, 11) is 0. The van der Waals surface area contributed by atoms with Crippen molar-refractivity contribution in [1.29, 1.82) is 0 Å². The zero-order valence-electron chi connectivity index (χ0n) is 12.0. The summed E-state index contributed by atoms with van der Waals surface area (Å²) in [6.07, 6.45) is 3.08. The number of hydrogen-bond acceptors (Lipinski definition) is 5. The van der Waals surface area contributed by atoms with E-state index in [4.69, 9.17) is 5.73 Å². The minimum atomic E-state index is 0.262. The van der Waals surface area contributed by atoms with Gasteiger partial charge < -0.3 is 11.1 Å². The smallest absolute Gasteiger partial charge is 0.227 e. The average Bonchev–Trinajstić information content (AvgIpc) is 2.43. The van der Waals surface area contributed by atoms with Crippen molar-refractivity contribution in [1.82, 2.24) is 15.0 Å². The fraction of sp³-hybridized carbons (Fsp3) is 0.400. The molecule has 1 atom stereocenters.